The molecule has 1 spiro atoms. The third-order valence-electron chi connectivity index (χ3n) is 7.31. The van der Waals surface area contributed by atoms with Crippen LogP contribution in [0.3, 0.4) is 0 Å². The summed E-state index contributed by atoms with van der Waals surface area (Å²) in [6.45, 7) is 3.91. The first-order chi connectivity index (χ1) is 18.5. The number of carbonyl (C=O) groups is 4. The van der Waals surface area contributed by atoms with Crippen LogP contribution in [0.4, 0.5) is 10.5 Å². The molecule has 2 fully saturated rings. The van der Waals surface area contributed by atoms with Gasteiger partial charge in [0.25, 0.3) is 5.91 Å². The predicted octanol–water partition coefficient (Wildman–Crippen LogP) is 4.61. The van der Waals surface area contributed by atoms with Crippen LogP contribution in [-0.2, 0) is 19.1 Å². The third kappa shape index (κ3) is 5.32. The summed E-state index contributed by atoms with van der Waals surface area (Å²) in [5.41, 5.74) is -0.00976. The van der Waals surface area contributed by atoms with Crippen LogP contribution >= 0.6 is 23.2 Å². The quantitative estimate of drug-likeness (QED) is 0.355. The van der Waals surface area contributed by atoms with E-state index in [4.69, 9.17) is 27.9 Å². The predicted molar refractivity (Wildman–Crippen MR) is 145 cm³/mol. The fourth-order valence-electron chi connectivity index (χ4n) is 5.40. The van der Waals surface area contributed by atoms with Crippen molar-refractivity contribution in [3.8, 4) is 6.07 Å². The molecule has 11 heteroatoms. The van der Waals surface area contributed by atoms with Crippen molar-refractivity contribution in [3.63, 3.8) is 0 Å². The smallest absolute Gasteiger partial charge is 0.332 e. The Morgan fingerprint density at radius 1 is 1.13 bits per heavy atom. The fraction of sp³-hybridized carbons (Fsp3) is 0.393. The number of nitriles is 1. The van der Waals surface area contributed by atoms with E-state index >= 15 is 0 Å². The molecule has 0 aromatic heterocycles. The van der Waals surface area contributed by atoms with Crippen molar-refractivity contribution in [1.82, 2.24) is 9.80 Å². The van der Waals surface area contributed by atoms with Crippen molar-refractivity contribution in [2.24, 2.45) is 5.92 Å². The van der Waals surface area contributed by atoms with Crippen molar-refractivity contribution in [2.45, 2.75) is 38.1 Å². The number of hydrogen-bond donors (Lipinski definition) is 0. The van der Waals surface area contributed by atoms with E-state index < -0.39 is 23.4 Å². The normalized spacial score (nSPS) is 21.4. The Balaban J connectivity index is 1.71. The second-order valence-electron chi connectivity index (χ2n) is 9.91. The molecule has 2 aliphatic rings. The molecule has 0 saturated carbocycles. The SMILES string of the molecule is CCOC(=O)CC(C)CC(=O)N1C[C@@H](c2ccc(C#N)cc2)[C@]2(C1)C(=O)N(c1cc(Cl)cc(Cl)c1)C(=O)N2C. The van der Waals surface area contributed by atoms with Gasteiger partial charge in [-0.05, 0) is 48.7 Å². The number of likely N-dealkylation sites (tertiary alicyclic amines) is 1. The van der Waals surface area contributed by atoms with E-state index in [1.165, 1.54) is 23.1 Å². The molecular weight excluding hydrogens is 543 g/mol. The molecule has 4 amide bonds. The largest absolute Gasteiger partial charge is 0.466 e. The van der Waals surface area contributed by atoms with Crippen LogP contribution in [0.2, 0.25) is 10.0 Å². The van der Waals surface area contributed by atoms with Crippen LogP contribution < -0.4 is 4.90 Å². The summed E-state index contributed by atoms with van der Waals surface area (Å²) in [4.78, 5) is 57.1. The molecule has 3 atom stereocenters. The zero-order chi connectivity index (χ0) is 28.5. The second kappa shape index (κ2) is 11.2. The number of anilines is 1. The van der Waals surface area contributed by atoms with Gasteiger partial charge >= 0.3 is 12.0 Å². The summed E-state index contributed by atoms with van der Waals surface area (Å²) in [5.74, 6) is -1.96. The van der Waals surface area contributed by atoms with E-state index in [0.717, 1.165) is 4.90 Å². The van der Waals surface area contributed by atoms with Gasteiger partial charge in [0.1, 0.15) is 5.54 Å². The van der Waals surface area contributed by atoms with Gasteiger partial charge in [0, 0.05) is 42.4 Å². The van der Waals surface area contributed by atoms with E-state index in [0.29, 0.717) is 11.1 Å². The van der Waals surface area contributed by atoms with Crippen LogP contribution in [0.1, 0.15) is 43.7 Å². The number of rotatable bonds is 7. The highest BCUT2D eigenvalue weighted by Crippen LogP contribution is 2.47. The number of amides is 4. The zero-order valence-corrected chi connectivity index (χ0v) is 23.3. The van der Waals surface area contributed by atoms with Crippen molar-refractivity contribution < 1.29 is 23.9 Å². The summed E-state index contributed by atoms with van der Waals surface area (Å²) in [7, 11) is 1.54. The Morgan fingerprint density at radius 2 is 1.77 bits per heavy atom. The maximum absolute atomic E-state index is 14.2. The molecule has 2 aromatic carbocycles. The monoisotopic (exact) mass is 570 g/mol. The number of hydrogen-bond acceptors (Lipinski definition) is 6. The average molecular weight is 571 g/mol. The lowest BCUT2D eigenvalue weighted by Gasteiger charge is -2.33. The Morgan fingerprint density at radius 3 is 2.36 bits per heavy atom. The maximum atomic E-state index is 14.2. The number of halogens is 2. The minimum Gasteiger partial charge on any atom is -0.466 e. The molecule has 2 aliphatic heterocycles. The Hall–Kier alpha value is -3.61. The van der Waals surface area contributed by atoms with E-state index in [1.807, 2.05) is 0 Å². The molecule has 0 bridgehead atoms. The van der Waals surface area contributed by atoms with E-state index in [-0.39, 0.29) is 66.1 Å². The van der Waals surface area contributed by atoms with E-state index in [1.54, 1.807) is 50.1 Å². The lowest BCUT2D eigenvalue weighted by molar-refractivity contribution is -0.144. The number of benzene rings is 2. The highest BCUT2D eigenvalue weighted by molar-refractivity contribution is 6.35. The van der Waals surface area contributed by atoms with Crippen LogP contribution in [0.15, 0.2) is 42.5 Å². The van der Waals surface area contributed by atoms with Gasteiger partial charge in [-0.2, -0.15) is 5.26 Å². The summed E-state index contributed by atoms with van der Waals surface area (Å²) < 4.78 is 5.00. The average Bonchev–Trinajstić information content (AvgIpc) is 3.37. The molecule has 39 heavy (non-hydrogen) atoms. The minimum atomic E-state index is -1.40. The molecule has 0 aliphatic carbocycles. The molecule has 0 radical (unpaired) electrons. The molecule has 0 N–H and O–H groups in total. The number of urea groups is 1. The first-order valence-electron chi connectivity index (χ1n) is 12.5. The first-order valence-corrected chi connectivity index (χ1v) is 13.3. The minimum absolute atomic E-state index is 0.0332. The third-order valence-corrected chi connectivity index (χ3v) is 7.74. The number of likely N-dealkylation sites (N-methyl/N-ethyl adjacent to an activating group) is 1. The second-order valence-corrected chi connectivity index (χ2v) is 10.8. The molecular formula is C28H28Cl2N4O5. The number of nitrogens with zero attached hydrogens (tertiary/aromatic N) is 4. The van der Waals surface area contributed by atoms with Gasteiger partial charge in [0.2, 0.25) is 5.91 Å². The summed E-state index contributed by atoms with van der Waals surface area (Å²) in [6.07, 6.45) is 0.173. The van der Waals surface area contributed by atoms with Crippen molar-refractivity contribution in [3.05, 3.63) is 63.6 Å². The molecule has 2 saturated heterocycles. The summed E-state index contributed by atoms with van der Waals surface area (Å²) in [6, 6.07) is 12.8. The Bertz CT molecular complexity index is 1340. The molecule has 4 rings (SSSR count). The summed E-state index contributed by atoms with van der Waals surface area (Å²) >= 11 is 12.3. The zero-order valence-electron chi connectivity index (χ0n) is 21.8. The molecule has 9 nitrogen and oxygen atoms in total. The molecule has 2 aromatic rings. The Labute approximate surface area is 236 Å². The first kappa shape index (κ1) is 28.4. The lowest BCUT2D eigenvalue weighted by atomic mass is 9.80. The van der Waals surface area contributed by atoms with Gasteiger partial charge in [-0.25, -0.2) is 9.69 Å². The van der Waals surface area contributed by atoms with Crippen LogP contribution in [0.25, 0.3) is 0 Å². The number of ether oxygens (including phenoxy) is 1. The molecule has 2 heterocycles. The standard InChI is InChI=1S/C28H28Cl2N4O5/c1-4-39-25(36)10-17(2)9-24(35)33-15-23(19-7-5-18(14-31)6-8-19)28(16-33)26(37)34(27(38)32(28)3)22-12-20(29)11-21(30)13-22/h5-8,11-13,17,23H,4,9-10,15-16H2,1-3H3/t17?,23-,28+/m0/s1. The van der Waals surface area contributed by atoms with Gasteiger partial charge in [0.05, 0.1) is 30.5 Å². The van der Waals surface area contributed by atoms with Crippen molar-refractivity contribution in [2.75, 3.05) is 31.6 Å². The van der Waals surface area contributed by atoms with Gasteiger partial charge < -0.3 is 14.5 Å². The summed E-state index contributed by atoms with van der Waals surface area (Å²) in [5, 5.41) is 9.78. The van der Waals surface area contributed by atoms with Crippen LogP contribution in [0, 0.1) is 17.2 Å². The Kier molecular flexibility index (Phi) is 8.19. The van der Waals surface area contributed by atoms with E-state index in [2.05, 4.69) is 6.07 Å². The number of imide groups is 1. The maximum Gasteiger partial charge on any atom is 0.332 e. The fourth-order valence-corrected chi connectivity index (χ4v) is 5.91. The van der Waals surface area contributed by atoms with Gasteiger partial charge in [-0.3, -0.25) is 14.4 Å². The van der Waals surface area contributed by atoms with E-state index in [9.17, 15) is 24.4 Å². The van der Waals surface area contributed by atoms with Crippen molar-refractivity contribution >= 4 is 52.7 Å². The van der Waals surface area contributed by atoms with Gasteiger partial charge in [-0.1, -0.05) is 42.3 Å². The van der Waals surface area contributed by atoms with Crippen molar-refractivity contribution in [1.29, 1.82) is 5.26 Å². The van der Waals surface area contributed by atoms with Gasteiger partial charge in [0.15, 0.2) is 0 Å². The van der Waals surface area contributed by atoms with Crippen LogP contribution in [0.5, 0.6) is 0 Å². The van der Waals surface area contributed by atoms with Crippen LogP contribution in [-0.4, -0.2) is 65.9 Å². The lowest BCUT2D eigenvalue weighted by Crippen LogP contribution is -2.54. The highest BCUT2D eigenvalue weighted by Gasteiger charge is 2.65. The number of esters is 1. The molecule has 204 valence electrons. The number of carbonyl (C=O) groups excluding carboxylic acids is 4. The molecule has 1 unspecified atom stereocenters. The van der Waals surface area contributed by atoms with Gasteiger partial charge in [-0.15, -0.1) is 0 Å². The topological polar surface area (TPSA) is 111 Å². The highest BCUT2D eigenvalue weighted by atomic mass is 35.5.